The molecule has 0 saturated carbocycles. The van der Waals surface area contributed by atoms with Gasteiger partial charge in [-0.3, -0.25) is 24.1 Å². The fourth-order valence-electron chi connectivity index (χ4n) is 18.6. The number of aromatic nitrogens is 4. The molecule has 4 aromatic heterocycles. The predicted molar refractivity (Wildman–Crippen MR) is 457 cm³/mol. The van der Waals surface area contributed by atoms with Gasteiger partial charge in [0.15, 0.2) is 11.5 Å². The average Bonchev–Trinajstić information content (AvgIpc) is 0.761. The number of nitrogens with one attached hydrogen (secondary N) is 1. The zero-order valence-corrected chi connectivity index (χ0v) is 72.1. The van der Waals surface area contributed by atoms with Gasteiger partial charge in [0.25, 0.3) is 5.82 Å². The normalized spacial score (nSPS) is 18.6. The molecular weight excluding hydrogens is 1530 g/mol. The smallest absolute Gasteiger partial charge is 0.870 e. The summed E-state index contributed by atoms with van der Waals surface area (Å²) >= 11 is 6.24. The van der Waals surface area contributed by atoms with Crippen molar-refractivity contribution in [1.29, 1.82) is 0 Å². The number of carbonyl (C=O) groups excluding carboxylic acids is 3. The molecule has 12 bridgehead atoms. The number of rotatable bonds is 7. The number of benzene rings is 6. The van der Waals surface area contributed by atoms with Crippen LogP contribution in [0.4, 0.5) is 28.6 Å². The summed E-state index contributed by atoms with van der Waals surface area (Å²) in [7, 11) is 0. The molecule has 10 saturated heterocycles. The Morgan fingerprint density at radius 2 is 0.795 bits per heavy atom. The summed E-state index contributed by atoms with van der Waals surface area (Å²) in [6, 6.07) is 67.7. The number of carboxylic acids is 1. The minimum absolute atomic E-state index is 0. The second kappa shape index (κ2) is 41.0. The molecule has 0 aliphatic carbocycles. The molecule has 22 heterocycles. The van der Waals surface area contributed by atoms with E-state index in [1.807, 2.05) is 127 Å². The van der Waals surface area contributed by atoms with Crippen molar-refractivity contribution in [2.24, 2.45) is 11.8 Å². The van der Waals surface area contributed by atoms with Gasteiger partial charge >= 0.3 is 65.1 Å². The van der Waals surface area contributed by atoms with Gasteiger partial charge in [-0.1, -0.05) is 200 Å². The fraction of sp³-hybridized carbons (Fsp3) is 0.330. The molecule has 23 heteroatoms. The molecule has 117 heavy (non-hydrogen) atoms. The number of H-pyrrole nitrogens is 1. The van der Waals surface area contributed by atoms with Crippen LogP contribution in [0.3, 0.4) is 0 Å². The maximum Gasteiger partial charge on any atom is 1.00 e. The van der Waals surface area contributed by atoms with Crippen molar-refractivity contribution in [1.82, 2.24) is 29.7 Å². The van der Waals surface area contributed by atoms with Gasteiger partial charge in [0.2, 0.25) is 5.56 Å². The molecule has 0 spiro atoms. The van der Waals surface area contributed by atoms with Crippen molar-refractivity contribution < 1.29 is 94.4 Å². The van der Waals surface area contributed by atoms with Crippen LogP contribution in [0.15, 0.2) is 217 Å². The van der Waals surface area contributed by atoms with Gasteiger partial charge in [0.1, 0.15) is 22.9 Å². The van der Waals surface area contributed by atoms with E-state index in [1.54, 1.807) is 24.3 Å². The number of aromatic carboxylic acids is 1. The number of Topliss-reactive ketones (excluding diaryl/α,β-unsaturated/α-hetero) is 2. The summed E-state index contributed by atoms with van der Waals surface area (Å²) in [5.41, 5.74) is 21.5. The molecule has 10 aromatic rings. The average molecular weight is 1630 g/mol. The number of aldehydes is 1. The third-order valence-corrected chi connectivity index (χ3v) is 24.7. The van der Waals surface area contributed by atoms with E-state index in [-0.39, 0.29) is 93.7 Å². The number of aromatic amines is 1. The van der Waals surface area contributed by atoms with Crippen LogP contribution in [-0.4, -0.2) is 155 Å². The molecule has 4 N–H and O–H groups in total. The number of hydrogen-bond acceptors (Lipinski definition) is 16. The Hall–Kier alpha value is -9.11. The van der Waals surface area contributed by atoms with Gasteiger partial charge in [-0.15, -0.1) is 17.4 Å². The molecule has 6 aromatic carbocycles. The van der Waals surface area contributed by atoms with E-state index in [9.17, 15) is 29.1 Å². The predicted octanol–water partition coefficient (Wildman–Crippen LogP) is 12.2. The topological polar surface area (TPSA) is 244 Å². The number of allylic oxidation sites excluding steroid dienone is 1. The second-order valence-electron chi connectivity index (χ2n) is 31.1. The van der Waals surface area contributed by atoms with Crippen molar-refractivity contribution in [3.8, 4) is 44.5 Å². The fourth-order valence-corrected chi connectivity index (χ4v) is 18.8. The van der Waals surface area contributed by atoms with Gasteiger partial charge in [-0.05, 0) is 142 Å². The molecule has 18 aliphatic heterocycles. The van der Waals surface area contributed by atoms with E-state index >= 15 is 0 Å². The van der Waals surface area contributed by atoms with Gasteiger partial charge in [-0.2, -0.15) is 0 Å². The summed E-state index contributed by atoms with van der Waals surface area (Å²) in [5, 5.41) is 9.97. The van der Waals surface area contributed by atoms with Gasteiger partial charge in [0.05, 0.1) is 46.4 Å². The summed E-state index contributed by atoms with van der Waals surface area (Å²) < 4.78 is 0. The second-order valence-corrected chi connectivity index (χ2v) is 31.5. The summed E-state index contributed by atoms with van der Waals surface area (Å²) in [6.07, 6.45) is 16.5. The molecule has 0 atom stereocenters. The zero-order valence-electron chi connectivity index (χ0n) is 66.6. The Labute approximate surface area is 740 Å². The van der Waals surface area contributed by atoms with Crippen LogP contribution in [0.2, 0.25) is 5.15 Å². The van der Waals surface area contributed by atoms with Crippen LogP contribution in [0.1, 0.15) is 150 Å². The van der Waals surface area contributed by atoms with E-state index in [0.717, 1.165) is 192 Å². The molecule has 0 amide bonds. The van der Waals surface area contributed by atoms with Crippen LogP contribution in [-0.2, 0) is 9.59 Å². The zero-order chi connectivity index (χ0) is 76.6. The minimum Gasteiger partial charge on any atom is -0.870 e. The van der Waals surface area contributed by atoms with E-state index in [0.29, 0.717) is 58.0 Å². The number of ketones is 2. The Bertz CT molecular complexity index is 5180. The van der Waals surface area contributed by atoms with E-state index < -0.39 is 5.97 Å². The molecule has 28 rings (SSSR count). The Kier molecular flexibility index (Phi) is 31.1. The van der Waals surface area contributed by atoms with E-state index in [2.05, 4.69) is 115 Å². The van der Waals surface area contributed by atoms with E-state index in [4.69, 9.17) is 18.2 Å². The first-order valence-corrected chi connectivity index (χ1v) is 40.5. The quantitative estimate of drug-likeness (QED) is 0.0495. The maximum atomic E-state index is 12.1. The molecular formula is C94H97Cl2N11Na2O8. The SMILES string of the molecule is Cl.Clc1cc(-c2ccccc2)c2c(n1)C1CCN2CC1.O=C(O)c1cc(-c2ccccc2)c2c(n1)C1CCN2CC1.O=C1/C(=C/c2ccccc2)N2CCC1CC2.O=C1CN2CCC1CC2.O=Cc1ccccc1.O=c1cc(-c2ccccc2)c2c([nH]1)C1CCN2CC1.[C-]#[N+]c1cc(-c2ccccc2)c2c(n1)C1CCN2CC1.[Na+].[Na+].[OH-].[OH-]. The summed E-state index contributed by atoms with van der Waals surface area (Å²) in [5.74, 6) is 3.22. The third-order valence-electron chi connectivity index (χ3n) is 24.5. The first-order valence-electron chi connectivity index (χ1n) is 40.1. The first kappa shape index (κ1) is 88.7. The van der Waals surface area contributed by atoms with Crippen molar-refractivity contribution >= 4 is 82.5 Å². The van der Waals surface area contributed by atoms with Crippen LogP contribution in [0.5, 0.6) is 0 Å². The number of piperidine rings is 10. The number of carbonyl (C=O) groups is 4. The Morgan fingerprint density at radius 3 is 1.18 bits per heavy atom. The van der Waals surface area contributed by atoms with Crippen LogP contribution in [0.25, 0.3) is 55.4 Å². The summed E-state index contributed by atoms with van der Waals surface area (Å²) in [4.78, 5) is 90.9. The Morgan fingerprint density at radius 1 is 0.436 bits per heavy atom. The van der Waals surface area contributed by atoms with Gasteiger partial charge in [0, 0.05) is 141 Å². The number of halogens is 2. The van der Waals surface area contributed by atoms with Crippen molar-refractivity contribution in [3.05, 3.63) is 278 Å². The van der Waals surface area contributed by atoms with Crippen LogP contribution in [0, 0.1) is 18.4 Å². The number of fused-ring (bicyclic) bond motifs is 14. The minimum atomic E-state index is -0.952. The Balaban J connectivity index is 0.000000135. The maximum absolute atomic E-state index is 12.1. The molecule has 592 valence electrons. The molecule has 10 fully saturated rings. The number of anilines is 4. The monoisotopic (exact) mass is 1620 g/mol. The number of hydrogen-bond donors (Lipinski definition) is 2. The number of carboxylic acid groups (broad SMARTS) is 1. The number of pyridine rings is 4. The molecule has 19 nitrogen and oxygen atoms in total. The third kappa shape index (κ3) is 19.9. The van der Waals surface area contributed by atoms with Crippen LogP contribution < -0.4 is 84.3 Å². The van der Waals surface area contributed by atoms with Gasteiger partial charge < -0.3 is 50.4 Å². The van der Waals surface area contributed by atoms with Crippen LogP contribution >= 0.6 is 24.0 Å². The molecule has 18 aliphatic rings. The van der Waals surface area contributed by atoms with Crippen molar-refractivity contribution in [2.75, 3.05) is 105 Å². The molecule has 0 unspecified atom stereocenters. The number of nitrogens with zero attached hydrogens (tertiary/aromatic N) is 10. The van der Waals surface area contributed by atoms with Crippen molar-refractivity contribution in [3.63, 3.8) is 0 Å². The van der Waals surface area contributed by atoms with E-state index in [1.165, 1.54) is 83.5 Å². The van der Waals surface area contributed by atoms with Crippen molar-refractivity contribution in [2.45, 2.75) is 101 Å². The largest absolute Gasteiger partial charge is 1.00 e. The van der Waals surface area contributed by atoms with Gasteiger partial charge in [-0.25, -0.2) is 14.8 Å². The first-order chi connectivity index (χ1) is 54.9. The summed E-state index contributed by atoms with van der Waals surface area (Å²) in [6.45, 7) is 21.3. The standard InChI is InChI=1S/C17H15N3.C17H16N2O2.C16H15ClN2.C16H16N2O.C14H15NO.C7H11NO.C7H6O.ClH.2Na.2H2O/c1-18-15-11-14(12-5-3-2-4-6-12)17-16(19-15)13-7-9-20(17)10-8-13;20-17(21)14-10-13(11-4-2-1-3-5-11)16-15(18-14)12-6-8-19(16)9-7-12;17-14-10-13(11-4-2-1-3-5-11)16-15(18-14)12-6-8-19(16)9-7-12;19-14-10-13(11-4-2-1-3-5-11)16-15(17-14)12-6-8-18(16)9-7-12;16-14-12-6-8-15(9-7-12)13(14)10-11-4-2-1-3-5-11;9-7-5-8-3-1-6(7)2-4-8;8-6-7-4-2-1-3-5-7;;;;;/h2-6,11,13H,7-10H2;1-5,10,12H,6-9H2,(H,20,21);1-5,10,12H,6-9H2;1-5,10,12H,6-9H2,(H,17,19);1-5,10,12H,6-9H2;6H,1-5H2;1-6H;1H;;;2*1H2/q;;;;;;;;2*+1;;/p-2/b;;;;13-10-;;;;;;;. The molecule has 0 radical (unpaired) electrons.